The number of aromatic nitrogens is 1. The average Bonchev–Trinajstić information content (AvgIpc) is 2.57. The molecule has 0 aliphatic carbocycles. The quantitative estimate of drug-likeness (QED) is 0.799. The second kappa shape index (κ2) is 5.68. The van der Waals surface area contributed by atoms with Crippen LogP contribution in [0.25, 0.3) is 0 Å². The fourth-order valence-corrected chi connectivity index (χ4v) is 2.73. The van der Waals surface area contributed by atoms with Crippen LogP contribution in [0.5, 0.6) is 0 Å². The number of thioether (sulfide) groups is 1. The number of hydrogen-bond acceptors (Lipinski definition) is 3. The molecule has 3 nitrogen and oxygen atoms in total. The van der Waals surface area contributed by atoms with Crippen molar-refractivity contribution in [3.05, 3.63) is 28.5 Å². The van der Waals surface area contributed by atoms with E-state index in [-0.39, 0.29) is 5.91 Å². The van der Waals surface area contributed by atoms with E-state index in [1.165, 1.54) is 0 Å². The number of carbonyl (C=O) groups is 1. The molecule has 86 valence electrons. The summed E-state index contributed by atoms with van der Waals surface area (Å²) in [6, 6.07) is 3.62. The zero-order valence-corrected chi connectivity index (χ0v) is 11.3. The van der Waals surface area contributed by atoms with E-state index in [1.54, 1.807) is 12.3 Å². The SMILES string of the molecule is O=C(c1ccc(Br)cn1)N1CCCSCC1. The van der Waals surface area contributed by atoms with Gasteiger partial charge in [-0.3, -0.25) is 4.79 Å². The van der Waals surface area contributed by atoms with Crippen LogP contribution in [-0.2, 0) is 0 Å². The van der Waals surface area contributed by atoms with Crippen LogP contribution >= 0.6 is 27.7 Å². The minimum absolute atomic E-state index is 0.0509. The Morgan fingerprint density at radius 1 is 1.38 bits per heavy atom. The van der Waals surface area contributed by atoms with E-state index in [0.29, 0.717) is 5.69 Å². The third-order valence-electron chi connectivity index (χ3n) is 2.46. The van der Waals surface area contributed by atoms with Crippen LogP contribution in [0.1, 0.15) is 16.9 Å². The molecule has 0 atom stereocenters. The fraction of sp³-hybridized carbons (Fsp3) is 0.455. The van der Waals surface area contributed by atoms with Gasteiger partial charge in [0.2, 0.25) is 0 Å². The molecule has 0 spiro atoms. The van der Waals surface area contributed by atoms with Gasteiger partial charge < -0.3 is 4.90 Å². The van der Waals surface area contributed by atoms with Gasteiger partial charge in [0.15, 0.2) is 0 Å². The first-order valence-corrected chi connectivity index (χ1v) is 7.21. The van der Waals surface area contributed by atoms with Crippen LogP contribution in [-0.4, -0.2) is 40.4 Å². The lowest BCUT2D eigenvalue weighted by atomic mass is 10.3. The van der Waals surface area contributed by atoms with E-state index in [1.807, 2.05) is 22.7 Å². The lowest BCUT2D eigenvalue weighted by molar-refractivity contribution is 0.0762. The Labute approximate surface area is 108 Å². The van der Waals surface area contributed by atoms with Gasteiger partial charge in [-0.1, -0.05) is 0 Å². The van der Waals surface area contributed by atoms with Crippen molar-refractivity contribution in [3.63, 3.8) is 0 Å². The van der Waals surface area contributed by atoms with Gasteiger partial charge in [-0.15, -0.1) is 0 Å². The highest BCUT2D eigenvalue weighted by atomic mass is 79.9. The summed E-state index contributed by atoms with van der Waals surface area (Å²) in [7, 11) is 0. The first kappa shape index (κ1) is 11.9. The molecule has 1 aliphatic rings. The number of rotatable bonds is 1. The van der Waals surface area contributed by atoms with E-state index in [4.69, 9.17) is 0 Å². The minimum Gasteiger partial charge on any atom is -0.336 e. The normalized spacial score (nSPS) is 16.9. The van der Waals surface area contributed by atoms with Crippen LogP contribution in [0, 0.1) is 0 Å². The Balaban J connectivity index is 2.08. The summed E-state index contributed by atoms with van der Waals surface area (Å²) in [4.78, 5) is 18.1. The van der Waals surface area contributed by atoms with Crippen molar-refractivity contribution >= 4 is 33.6 Å². The summed E-state index contributed by atoms with van der Waals surface area (Å²) in [6.07, 6.45) is 2.74. The van der Waals surface area contributed by atoms with Crippen LogP contribution < -0.4 is 0 Å². The van der Waals surface area contributed by atoms with Gasteiger partial charge in [-0.25, -0.2) is 4.98 Å². The predicted octanol–water partition coefficient (Wildman–Crippen LogP) is 2.42. The molecule has 0 saturated carbocycles. The highest BCUT2D eigenvalue weighted by molar-refractivity contribution is 9.10. The van der Waals surface area contributed by atoms with E-state index >= 15 is 0 Å². The van der Waals surface area contributed by atoms with Crippen LogP contribution in [0.4, 0.5) is 0 Å². The van der Waals surface area contributed by atoms with Gasteiger partial charge in [-0.2, -0.15) is 11.8 Å². The summed E-state index contributed by atoms with van der Waals surface area (Å²) in [6.45, 7) is 1.69. The highest BCUT2D eigenvalue weighted by Gasteiger charge is 2.18. The van der Waals surface area contributed by atoms with Crippen LogP contribution in [0.15, 0.2) is 22.8 Å². The Morgan fingerprint density at radius 3 is 3.00 bits per heavy atom. The molecule has 1 aromatic heterocycles. The number of carbonyl (C=O) groups excluding carboxylic acids is 1. The first-order valence-electron chi connectivity index (χ1n) is 5.26. The second-order valence-corrected chi connectivity index (χ2v) is 5.76. The van der Waals surface area contributed by atoms with E-state index in [2.05, 4.69) is 20.9 Å². The van der Waals surface area contributed by atoms with Gasteiger partial charge >= 0.3 is 0 Å². The second-order valence-electron chi connectivity index (χ2n) is 3.62. The molecule has 1 saturated heterocycles. The van der Waals surface area contributed by atoms with Crippen molar-refractivity contribution in [3.8, 4) is 0 Å². The van der Waals surface area contributed by atoms with Crippen molar-refractivity contribution in [2.24, 2.45) is 0 Å². The third kappa shape index (κ3) is 2.98. The molecule has 16 heavy (non-hydrogen) atoms. The fourth-order valence-electron chi connectivity index (χ4n) is 1.61. The molecular weight excluding hydrogens is 288 g/mol. The molecule has 0 radical (unpaired) electrons. The molecule has 2 rings (SSSR count). The molecular formula is C11H13BrN2OS. The van der Waals surface area contributed by atoms with Gasteiger partial charge in [0, 0.05) is 29.5 Å². The number of halogens is 1. The minimum atomic E-state index is 0.0509. The number of pyridine rings is 1. The van der Waals surface area contributed by atoms with Crippen molar-refractivity contribution in [2.45, 2.75) is 6.42 Å². The Morgan fingerprint density at radius 2 is 2.25 bits per heavy atom. The summed E-state index contributed by atoms with van der Waals surface area (Å²) in [5, 5.41) is 0. The van der Waals surface area contributed by atoms with E-state index < -0.39 is 0 Å². The predicted molar refractivity (Wildman–Crippen MR) is 69.8 cm³/mol. The maximum atomic E-state index is 12.1. The zero-order valence-electron chi connectivity index (χ0n) is 8.86. The molecule has 2 heterocycles. The largest absolute Gasteiger partial charge is 0.336 e. The molecule has 1 fully saturated rings. The maximum Gasteiger partial charge on any atom is 0.272 e. The average molecular weight is 301 g/mol. The lowest BCUT2D eigenvalue weighted by Crippen LogP contribution is -2.33. The monoisotopic (exact) mass is 300 g/mol. The summed E-state index contributed by atoms with van der Waals surface area (Å²) < 4.78 is 0.899. The smallest absolute Gasteiger partial charge is 0.272 e. The molecule has 1 amide bonds. The van der Waals surface area contributed by atoms with Gasteiger partial charge in [-0.05, 0) is 40.2 Å². The number of nitrogens with zero attached hydrogens (tertiary/aromatic N) is 2. The van der Waals surface area contributed by atoms with Crippen molar-refractivity contribution in [1.29, 1.82) is 0 Å². The molecule has 0 unspecified atom stereocenters. The lowest BCUT2D eigenvalue weighted by Gasteiger charge is -2.19. The molecule has 0 aromatic carbocycles. The van der Waals surface area contributed by atoms with Gasteiger partial charge in [0.25, 0.3) is 5.91 Å². The summed E-state index contributed by atoms with van der Waals surface area (Å²) in [5.74, 6) is 2.23. The summed E-state index contributed by atoms with van der Waals surface area (Å²) in [5.41, 5.74) is 0.537. The molecule has 5 heteroatoms. The summed E-state index contributed by atoms with van der Waals surface area (Å²) >= 11 is 5.23. The van der Waals surface area contributed by atoms with Crippen LogP contribution in [0.3, 0.4) is 0 Å². The molecule has 1 aromatic rings. The van der Waals surface area contributed by atoms with Crippen molar-refractivity contribution in [2.75, 3.05) is 24.6 Å². The molecule has 0 N–H and O–H groups in total. The van der Waals surface area contributed by atoms with Crippen molar-refractivity contribution < 1.29 is 4.79 Å². The van der Waals surface area contributed by atoms with Gasteiger partial charge in [0.1, 0.15) is 5.69 Å². The number of hydrogen-bond donors (Lipinski definition) is 0. The van der Waals surface area contributed by atoms with Gasteiger partial charge in [0.05, 0.1) is 0 Å². The molecule has 1 aliphatic heterocycles. The molecule has 0 bridgehead atoms. The van der Waals surface area contributed by atoms with Crippen LogP contribution in [0.2, 0.25) is 0 Å². The first-order chi connectivity index (χ1) is 7.77. The number of amides is 1. The highest BCUT2D eigenvalue weighted by Crippen LogP contribution is 2.13. The standard InChI is InChI=1S/C11H13BrN2OS/c12-9-2-3-10(13-8-9)11(15)14-4-1-6-16-7-5-14/h2-3,8H,1,4-7H2. The Hall–Kier alpha value is -0.550. The Bertz CT molecular complexity index is 361. The van der Waals surface area contributed by atoms with Crippen molar-refractivity contribution in [1.82, 2.24) is 9.88 Å². The third-order valence-corrected chi connectivity index (χ3v) is 3.97. The topological polar surface area (TPSA) is 33.2 Å². The zero-order chi connectivity index (χ0) is 11.4. The van der Waals surface area contributed by atoms with E-state index in [9.17, 15) is 4.79 Å². The maximum absolute atomic E-state index is 12.1. The van der Waals surface area contributed by atoms with E-state index in [0.717, 1.165) is 35.5 Å². The Kier molecular flexibility index (Phi) is 4.23.